The van der Waals surface area contributed by atoms with E-state index in [1.165, 1.54) is 6.92 Å². The molecule has 0 saturated carbocycles. The van der Waals surface area contributed by atoms with Gasteiger partial charge in [-0.1, -0.05) is 5.57 Å². The van der Waals surface area contributed by atoms with Gasteiger partial charge in [0.25, 0.3) is 11.8 Å². The second-order valence-corrected chi connectivity index (χ2v) is 11.4. The number of hydrogen-bond acceptors (Lipinski definition) is 7. The topological polar surface area (TPSA) is 99.5 Å². The lowest BCUT2D eigenvalue weighted by molar-refractivity contribution is -0.389. The molecule has 0 bridgehead atoms. The largest absolute Gasteiger partial charge is 0.497 e. The molecule has 2 aromatic rings. The third kappa shape index (κ3) is 3.88. The Labute approximate surface area is 226 Å². The second kappa shape index (κ2) is 8.96. The number of amides is 2. The molecule has 0 spiro atoms. The Balaban J connectivity index is 1.76. The molecule has 1 aromatic heterocycles. The monoisotopic (exact) mass is 535 g/mol. The summed E-state index contributed by atoms with van der Waals surface area (Å²) in [6, 6.07) is 4.48. The van der Waals surface area contributed by atoms with E-state index < -0.39 is 29.9 Å². The van der Waals surface area contributed by atoms with Gasteiger partial charge in [0.2, 0.25) is 0 Å². The van der Waals surface area contributed by atoms with E-state index in [2.05, 4.69) is 0 Å². The zero-order valence-corrected chi connectivity index (χ0v) is 23.1. The number of benzene rings is 1. The van der Waals surface area contributed by atoms with E-state index in [1.54, 1.807) is 16.9 Å². The lowest BCUT2D eigenvalue weighted by Gasteiger charge is -2.47. The number of fused-ring (bicyclic) bond motifs is 6. The number of rotatable bonds is 3. The van der Waals surface area contributed by atoms with E-state index in [9.17, 15) is 14.4 Å². The maximum absolute atomic E-state index is 14.2. The minimum atomic E-state index is -0.810. The molecule has 2 fully saturated rings. The standard InChI is InChI=1S/C29H33N3O7/c1-15(2)12-22-31-20-13-17(36-6)9-10-18(20)23-24(31)21(14-29(4,5)39-38-22)32-25(26(23)37-16(3)33)28(35)30-11-7-8-19(30)27(32)34/h9-10,12-13,19,21-22H,7-8,11,14H2,1-6H3/t19-,21-,22+/m0/s1. The zero-order chi connectivity index (χ0) is 27.8. The quantitative estimate of drug-likeness (QED) is 0.327. The molecule has 3 atom stereocenters. The first-order chi connectivity index (χ1) is 18.5. The van der Waals surface area contributed by atoms with Gasteiger partial charge in [0.15, 0.2) is 17.7 Å². The summed E-state index contributed by atoms with van der Waals surface area (Å²) in [6.07, 6.45) is 2.92. The van der Waals surface area contributed by atoms with Crippen LogP contribution in [0.1, 0.15) is 77.4 Å². The summed E-state index contributed by atoms with van der Waals surface area (Å²) in [5, 5.41) is 0.749. The van der Waals surface area contributed by atoms with Crippen LogP contribution in [0, 0.1) is 0 Å². The van der Waals surface area contributed by atoms with Gasteiger partial charge >= 0.3 is 5.97 Å². The summed E-state index contributed by atoms with van der Waals surface area (Å²) in [5.74, 6) is -0.328. The van der Waals surface area contributed by atoms with E-state index in [4.69, 9.17) is 19.2 Å². The summed E-state index contributed by atoms with van der Waals surface area (Å²) < 4.78 is 13.4. The van der Waals surface area contributed by atoms with Gasteiger partial charge in [0, 0.05) is 31.3 Å². The molecule has 4 aliphatic rings. The van der Waals surface area contributed by atoms with Crippen LogP contribution < -0.4 is 4.74 Å². The highest BCUT2D eigenvalue weighted by Crippen LogP contribution is 2.52. The summed E-state index contributed by atoms with van der Waals surface area (Å²) in [4.78, 5) is 55.9. The van der Waals surface area contributed by atoms with Gasteiger partial charge in [-0.3, -0.25) is 19.3 Å². The fourth-order valence-corrected chi connectivity index (χ4v) is 6.35. The third-order valence-electron chi connectivity index (χ3n) is 7.83. The van der Waals surface area contributed by atoms with Gasteiger partial charge in [-0.2, -0.15) is 0 Å². The Bertz CT molecular complexity index is 1480. The maximum atomic E-state index is 14.2. The molecular formula is C29H33N3O7. The van der Waals surface area contributed by atoms with Crippen molar-refractivity contribution in [2.45, 2.75) is 77.8 Å². The number of nitrogens with zero attached hydrogens (tertiary/aromatic N) is 3. The molecule has 39 heavy (non-hydrogen) atoms. The minimum absolute atomic E-state index is 0.0987. The van der Waals surface area contributed by atoms with Gasteiger partial charge in [-0.25, -0.2) is 9.78 Å². The first kappa shape index (κ1) is 25.6. The fourth-order valence-electron chi connectivity index (χ4n) is 6.35. The van der Waals surface area contributed by atoms with Crippen LogP contribution in [0.15, 0.2) is 35.5 Å². The Morgan fingerprint density at radius 2 is 1.92 bits per heavy atom. The molecule has 0 N–H and O–H groups in total. The summed E-state index contributed by atoms with van der Waals surface area (Å²) in [5.41, 5.74) is 2.36. The number of carbonyl (C=O) groups is 3. The molecule has 2 amide bonds. The van der Waals surface area contributed by atoms with Gasteiger partial charge in [0.05, 0.1) is 29.9 Å². The fraction of sp³-hybridized carbons (Fsp3) is 0.483. The Kier molecular flexibility index (Phi) is 5.89. The Hall–Kier alpha value is -3.63. The Morgan fingerprint density at radius 1 is 1.15 bits per heavy atom. The highest BCUT2D eigenvalue weighted by molar-refractivity contribution is 6.13. The van der Waals surface area contributed by atoms with Gasteiger partial charge in [-0.15, -0.1) is 0 Å². The average molecular weight is 536 g/mol. The van der Waals surface area contributed by atoms with Crippen molar-refractivity contribution in [3.8, 4) is 5.75 Å². The predicted octanol–water partition coefficient (Wildman–Crippen LogP) is 4.36. The van der Waals surface area contributed by atoms with E-state index in [-0.39, 0.29) is 23.3 Å². The lowest BCUT2D eigenvalue weighted by Crippen LogP contribution is -2.59. The average Bonchev–Trinajstić information content (AvgIpc) is 3.48. The van der Waals surface area contributed by atoms with Crippen molar-refractivity contribution in [1.29, 1.82) is 0 Å². The van der Waals surface area contributed by atoms with Gasteiger partial charge in [-0.05, 0) is 58.7 Å². The van der Waals surface area contributed by atoms with Crippen LogP contribution in [0.25, 0.3) is 16.7 Å². The van der Waals surface area contributed by atoms with Crippen molar-refractivity contribution in [3.05, 3.63) is 46.8 Å². The van der Waals surface area contributed by atoms with Crippen LogP contribution in [0.4, 0.5) is 0 Å². The van der Waals surface area contributed by atoms with E-state index >= 15 is 0 Å². The Morgan fingerprint density at radius 3 is 2.62 bits per heavy atom. The van der Waals surface area contributed by atoms with Crippen molar-refractivity contribution in [2.75, 3.05) is 13.7 Å². The summed E-state index contributed by atoms with van der Waals surface area (Å²) in [7, 11) is 1.59. The highest BCUT2D eigenvalue weighted by atomic mass is 17.2. The number of ether oxygens (including phenoxy) is 2. The molecule has 0 radical (unpaired) electrons. The summed E-state index contributed by atoms with van der Waals surface area (Å²) >= 11 is 0. The number of aromatic nitrogens is 1. The number of esters is 1. The van der Waals surface area contributed by atoms with E-state index in [0.717, 1.165) is 28.6 Å². The summed E-state index contributed by atoms with van der Waals surface area (Å²) in [6.45, 7) is 9.52. The zero-order valence-electron chi connectivity index (χ0n) is 23.1. The van der Waals surface area contributed by atoms with Crippen molar-refractivity contribution in [3.63, 3.8) is 0 Å². The smallest absolute Gasteiger partial charge is 0.308 e. The predicted molar refractivity (Wildman–Crippen MR) is 141 cm³/mol. The van der Waals surface area contributed by atoms with Crippen molar-refractivity contribution in [2.24, 2.45) is 0 Å². The van der Waals surface area contributed by atoms with Gasteiger partial charge in [0.1, 0.15) is 17.4 Å². The molecule has 4 aliphatic heterocycles. The molecule has 1 aromatic carbocycles. The molecule has 10 heteroatoms. The van der Waals surface area contributed by atoms with Crippen LogP contribution in [-0.4, -0.2) is 57.4 Å². The minimum Gasteiger partial charge on any atom is -0.497 e. The maximum Gasteiger partial charge on any atom is 0.308 e. The van der Waals surface area contributed by atoms with Crippen molar-refractivity contribution < 1.29 is 33.6 Å². The highest BCUT2D eigenvalue weighted by Gasteiger charge is 2.55. The van der Waals surface area contributed by atoms with Crippen LogP contribution in [0.3, 0.4) is 0 Å². The SMILES string of the molecule is COc1ccc2c3c4n(c2c1)[C@@H](C=C(C)C)OOC(C)(C)C[C@@H]4N1C(=O)[C@@H]2CCCN2C(=O)C1=C3OC(C)=O. The molecule has 0 unspecified atom stereocenters. The van der Waals surface area contributed by atoms with E-state index in [0.29, 0.717) is 30.7 Å². The first-order valence-corrected chi connectivity index (χ1v) is 13.3. The van der Waals surface area contributed by atoms with Crippen LogP contribution in [-0.2, 0) is 28.9 Å². The molecule has 10 nitrogen and oxygen atoms in total. The molecule has 0 aliphatic carbocycles. The molecule has 6 rings (SSSR count). The van der Waals surface area contributed by atoms with Crippen LogP contribution in [0.2, 0.25) is 0 Å². The number of allylic oxidation sites excluding steroid dienone is 1. The van der Waals surface area contributed by atoms with E-state index in [1.807, 2.05) is 56.5 Å². The molecule has 5 heterocycles. The van der Waals surface area contributed by atoms with Crippen molar-refractivity contribution >= 4 is 34.4 Å². The van der Waals surface area contributed by atoms with Crippen LogP contribution >= 0.6 is 0 Å². The van der Waals surface area contributed by atoms with Crippen molar-refractivity contribution in [1.82, 2.24) is 14.4 Å². The molecular weight excluding hydrogens is 502 g/mol. The lowest BCUT2D eigenvalue weighted by atomic mass is 9.87. The normalized spacial score (nSPS) is 25.5. The first-order valence-electron chi connectivity index (χ1n) is 13.3. The number of methoxy groups -OCH3 is 1. The number of carbonyl (C=O) groups excluding carboxylic acids is 3. The molecule has 2 saturated heterocycles. The number of piperazine rings is 1. The number of hydrogen-bond donors (Lipinski definition) is 0. The van der Waals surface area contributed by atoms with Crippen LogP contribution in [0.5, 0.6) is 5.75 Å². The second-order valence-electron chi connectivity index (χ2n) is 11.4. The van der Waals surface area contributed by atoms with Gasteiger partial charge < -0.3 is 18.9 Å². The third-order valence-corrected chi connectivity index (χ3v) is 7.83. The molecule has 206 valence electrons.